The third-order valence-corrected chi connectivity index (χ3v) is 3.40. The van der Waals surface area contributed by atoms with Crippen molar-refractivity contribution in [3.05, 3.63) is 34.9 Å². The van der Waals surface area contributed by atoms with Crippen LogP contribution < -0.4 is 0 Å². The second-order valence-corrected chi connectivity index (χ2v) is 5.21. The zero-order valence-electron chi connectivity index (χ0n) is 10.9. The van der Waals surface area contributed by atoms with E-state index in [0.29, 0.717) is 24.5 Å². The van der Waals surface area contributed by atoms with Gasteiger partial charge in [0.15, 0.2) is 0 Å². The minimum atomic E-state index is -0.855. The Morgan fingerprint density at radius 2 is 2.30 bits per heavy atom. The first-order valence-electron chi connectivity index (χ1n) is 6.40. The average Bonchev–Trinajstić information content (AvgIpc) is 2.39. The maximum atomic E-state index is 11.8. The van der Waals surface area contributed by atoms with Gasteiger partial charge in [0, 0.05) is 24.5 Å². The molecule has 1 aromatic rings. The zero-order valence-corrected chi connectivity index (χ0v) is 11.7. The van der Waals surface area contributed by atoms with Crippen molar-refractivity contribution in [3.63, 3.8) is 0 Å². The van der Waals surface area contributed by atoms with E-state index >= 15 is 0 Å². The van der Waals surface area contributed by atoms with Gasteiger partial charge in [-0.25, -0.2) is 0 Å². The summed E-state index contributed by atoms with van der Waals surface area (Å²) in [4.78, 5) is 24.1. The molecule has 0 saturated carbocycles. The standard InChI is InChI=1S/C14H16ClNO4/c15-11-3-1-2-10(6-11)7-16-8-12(4-5-14(18)19)20-9-13(16)17/h1-3,6,12H,4-5,7-9H2,(H,18,19). The van der Waals surface area contributed by atoms with Crippen LogP contribution in [0.1, 0.15) is 18.4 Å². The number of hydrogen-bond donors (Lipinski definition) is 1. The number of halogens is 1. The van der Waals surface area contributed by atoms with Crippen LogP contribution in [0.2, 0.25) is 5.02 Å². The van der Waals surface area contributed by atoms with Crippen LogP contribution in [0.4, 0.5) is 0 Å². The van der Waals surface area contributed by atoms with Gasteiger partial charge in [-0.2, -0.15) is 0 Å². The molecule has 0 radical (unpaired) electrons. The molecule has 1 fully saturated rings. The number of hydrogen-bond acceptors (Lipinski definition) is 3. The minimum absolute atomic E-state index is 0.00481. The number of morpholine rings is 1. The largest absolute Gasteiger partial charge is 0.481 e. The van der Waals surface area contributed by atoms with E-state index in [4.69, 9.17) is 21.4 Å². The Morgan fingerprint density at radius 1 is 1.50 bits per heavy atom. The summed E-state index contributed by atoms with van der Waals surface area (Å²) in [6, 6.07) is 7.34. The number of carboxylic acids is 1. The predicted octanol–water partition coefficient (Wildman–Crippen LogP) is 1.93. The van der Waals surface area contributed by atoms with Crippen LogP contribution in [0.3, 0.4) is 0 Å². The normalized spacial score (nSPS) is 19.1. The lowest BCUT2D eigenvalue weighted by atomic mass is 10.1. The monoisotopic (exact) mass is 297 g/mol. The van der Waals surface area contributed by atoms with E-state index in [-0.39, 0.29) is 25.0 Å². The number of ether oxygens (including phenoxy) is 1. The van der Waals surface area contributed by atoms with Crippen LogP contribution in [0.15, 0.2) is 24.3 Å². The van der Waals surface area contributed by atoms with Gasteiger partial charge in [0.2, 0.25) is 5.91 Å². The Balaban J connectivity index is 1.95. The van der Waals surface area contributed by atoms with Gasteiger partial charge in [0.1, 0.15) is 6.61 Å². The predicted molar refractivity (Wildman–Crippen MR) is 73.5 cm³/mol. The molecule has 0 bridgehead atoms. The molecule has 1 aliphatic rings. The van der Waals surface area contributed by atoms with Gasteiger partial charge in [-0.05, 0) is 24.1 Å². The van der Waals surface area contributed by atoms with Crippen LogP contribution in [0.25, 0.3) is 0 Å². The number of carbonyl (C=O) groups is 2. The lowest BCUT2D eigenvalue weighted by molar-refractivity contribution is -0.150. The van der Waals surface area contributed by atoms with Crippen molar-refractivity contribution in [2.45, 2.75) is 25.5 Å². The Labute approximate surface area is 122 Å². The summed E-state index contributed by atoms with van der Waals surface area (Å²) in [5.74, 6) is -0.941. The highest BCUT2D eigenvalue weighted by molar-refractivity contribution is 6.30. The van der Waals surface area contributed by atoms with Gasteiger partial charge in [-0.1, -0.05) is 23.7 Å². The SMILES string of the molecule is O=C(O)CCC1CN(Cc2cccc(Cl)c2)C(=O)CO1. The van der Waals surface area contributed by atoms with Crippen LogP contribution >= 0.6 is 11.6 Å². The van der Waals surface area contributed by atoms with Crippen LogP contribution in [-0.2, 0) is 20.9 Å². The number of aliphatic carboxylic acids is 1. The van der Waals surface area contributed by atoms with Crippen molar-refractivity contribution in [3.8, 4) is 0 Å². The number of carboxylic acid groups (broad SMARTS) is 1. The third kappa shape index (κ3) is 4.21. The second-order valence-electron chi connectivity index (χ2n) is 4.77. The van der Waals surface area contributed by atoms with E-state index in [1.165, 1.54) is 0 Å². The van der Waals surface area contributed by atoms with Gasteiger partial charge >= 0.3 is 5.97 Å². The Bertz CT molecular complexity index is 506. The van der Waals surface area contributed by atoms with E-state index in [2.05, 4.69) is 0 Å². The molecular weight excluding hydrogens is 282 g/mol. The van der Waals surface area contributed by atoms with Crippen LogP contribution in [0, 0.1) is 0 Å². The lowest BCUT2D eigenvalue weighted by Crippen LogP contribution is -2.46. The molecule has 1 saturated heterocycles. The summed E-state index contributed by atoms with van der Waals surface area (Å²) in [6.45, 7) is 0.885. The van der Waals surface area contributed by atoms with Crippen LogP contribution in [-0.4, -0.2) is 41.1 Å². The van der Waals surface area contributed by atoms with Gasteiger partial charge in [-0.3, -0.25) is 9.59 Å². The summed E-state index contributed by atoms with van der Waals surface area (Å²) in [5, 5.41) is 9.31. The highest BCUT2D eigenvalue weighted by Gasteiger charge is 2.26. The fourth-order valence-electron chi connectivity index (χ4n) is 2.15. The third-order valence-electron chi connectivity index (χ3n) is 3.16. The van der Waals surface area contributed by atoms with Gasteiger partial charge in [-0.15, -0.1) is 0 Å². The van der Waals surface area contributed by atoms with E-state index < -0.39 is 5.97 Å². The number of rotatable bonds is 5. The molecule has 20 heavy (non-hydrogen) atoms. The molecule has 2 rings (SSSR count). The minimum Gasteiger partial charge on any atom is -0.481 e. The van der Waals surface area contributed by atoms with E-state index in [9.17, 15) is 9.59 Å². The van der Waals surface area contributed by atoms with Crippen molar-refractivity contribution in [2.24, 2.45) is 0 Å². The average molecular weight is 298 g/mol. The molecule has 1 aromatic carbocycles. The first-order chi connectivity index (χ1) is 9.54. The number of amides is 1. The molecule has 1 unspecified atom stereocenters. The van der Waals surface area contributed by atoms with Gasteiger partial charge in [0.05, 0.1) is 6.10 Å². The highest BCUT2D eigenvalue weighted by atomic mass is 35.5. The Morgan fingerprint density at radius 3 is 3.00 bits per heavy atom. The molecule has 1 atom stereocenters. The lowest BCUT2D eigenvalue weighted by Gasteiger charge is -2.32. The maximum Gasteiger partial charge on any atom is 0.303 e. The molecule has 0 aliphatic carbocycles. The zero-order chi connectivity index (χ0) is 14.5. The van der Waals surface area contributed by atoms with Gasteiger partial charge < -0.3 is 14.7 Å². The summed E-state index contributed by atoms with van der Waals surface area (Å²) >= 11 is 5.92. The first kappa shape index (κ1) is 14.8. The topological polar surface area (TPSA) is 66.8 Å². The molecular formula is C14H16ClNO4. The van der Waals surface area contributed by atoms with E-state index in [0.717, 1.165) is 5.56 Å². The molecule has 1 aliphatic heterocycles. The first-order valence-corrected chi connectivity index (χ1v) is 6.78. The molecule has 0 spiro atoms. The Kier molecular flexibility index (Phi) is 4.98. The summed E-state index contributed by atoms with van der Waals surface area (Å²) in [7, 11) is 0. The fraction of sp³-hybridized carbons (Fsp3) is 0.429. The molecule has 0 aromatic heterocycles. The summed E-state index contributed by atoms with van der Waals surface area (Å²) in [5.41, 5.74) is 0.949. The molecule has 6 heteroatoms. The number of benzene rings is 1. The molecule has 1 amide bonds. The fourth-order valence-corrected chi connectivity index (χ4v) is 2.36. The highest BCUT2D eigenvalue weighted by Crippen LogP contribution is 2.17. The smallest absolute Gasteiger partial charge is 0.303 e. The quantitative estimate of drug-likeness (QED) is 0.902. The van der Waals surface area contributed by atoms with Gasteiger partial charge in [0.25, 0.3) is 0 Å². The van der Waals surface area contributed by atoms with Crippen molar-refractivity contribution < 1.29 is 19.4 Å². The second kappa shape index (κ2) is 6.72. The van der Waals surface area contributed by atoms with Crippen molar-refractivity contribution in [1.29, 1.82) is 0 Å². The number of carbonyl (C=O) groups excluding carboxylic acids is 1. The Hall–Kier alpha value is -1.59. The molecule has 5 nitrogen and oxygen atoms in total. The van der Waals surface area contributed by atoms with Crippen molar-refractivity contribution in [2.75, 3.05) is 13.2 Å². The van der Waals surface area contributed by atoms with Crippen molar-refractivity contribution >= 4 is 23.5 Å². The molecule has 108 valence electrons. The molecule has 1 heterocycles. The van der Waals surface area contributed by atoms with E-state index in [1.54, 1.807) is 11.0 Å². The van der Waals surface area contributed by atoms with Crippen LogP contribution in [0.5, 0.6) is 0 Å². The van der Waals surface area contributed by atoms with Crippen molar-refractivity contribution in [1.82, 2.24) is 4.90 Å². The van der Waals surface area contributed by atoms with E-state index in [1.807, 2.05) is 18.2 Å². The number of nitrogens with zero attached hydrogens (tertiary/aromatic N) is 1. The summed E-state index contributed by atoms with van der Waals surface area (Å²) < 4.78 is 5.35. The molecule has 1 N–H and O–H groups in total. The maximum absolute atomic E-state index is 11.8. The summed E-state index contributed by atoms with van der Waals surface area (Å²) in [6.07, 6.45) is 0.237.